The normalized spacial score (nSPS) is 10.7. The molecule has 112 valence electrons. The summed E-state index contributed by atoms with van der Waals surface area (Å²) in [4.78, 5) is 4.25. The van der Waals surface area contributed by atoms with Crippen LogP contribution in [0.4, 0.5) is 0 Å². The van der Waals surface area contributed by atoms with Crippen LogP contribution < -0.4 is 4.74 Å². The lowest BCUT2D eigenvalue weighted by atomic mass is 10.2. The highest BCUT2D eigenvalue weighted by atomic mass is 35.5. The van der Waals surface area contributed by atoms with E-state index in [-0.39, 0.29) is 6.61 Å². The van der Waals surface area contributed by atoms with E-state index in [4.69, 9.17) is 44.1 Å². The number of nitrogens with zero attached hydrogens (tertiary/aromatic N) is 2. The Bertz CT molecular complexity index is 805. The van der Waals surface area contributed by atoms with Crippen LogP contribution in [0.25, 0.3) is 11.4 Å². The lowest BCUT2D eigenvalue weighted by Gasteiger charge is -2.05. The number of hydrogen-bond donors (Lipinski definition) is 0. The second kappa shape index (κ2) is 6.57. The Balaban J connectivity index is 1.74. The van der Waals surface area contributed by atoms with Crippen molar-refractivity contribution in [2.45, 2.75) is 6.61 Å². The fourth-order valence-electron chi connectivity index (χ4n) is 1.80. The van der Waals surface area contributed by atoms with Gasteiger partial charge in [-0.1, -0.05) is 52.1 Å². The molecular formula is C15H9Cl3N2O2. The Hall–Kier alpha value is -1.75. The molecule has 7 heteroatoms. The van der Waals surface area contributed by atoms with Gasteiger partial charge in [0.25, 0.3) is 5.89 Å². The number of rotatable bonds is 4. The standard InChI is InChI=1S/C15H9Cl3N2O2/c16-9-5-6-13(12(18)7-9)21-8-14-19-15(20-22-14)10-3-1-2-4-11(10)17/h1-7H,8H2. The van der Waals surface area contributed by atoms with Crippen molar-refractivity contribution in [1.29, 1.82) is 0 Å². The van der Waals surface area contributed by atoms with Gasteiger partial charge in [-0.05, 0) is 30.3 Å². The van der Waals surface area contributed by atoms with Crippen molar-refractivity contribution in [2.24, 2.45) is 0 Å². The summed E-state index contributed by atoms with van der Waals surface area (Å²) in [6.45, 7) is 0.0960. The van der Waals surface area contributed by atoms with Crippen molar-refractivity contribution in [2.75, 3.05) is 0 Å². The highest BCUT2D eigenvalue weighted by molar-refractivity contribution is 6.35. The fourth-order valence-corrected chi connectivity index (χ4v) is 2.48. The first-order chi connectivity index (χ1) is 10.6. The molecule has 4 nitrogen and oxygen atoms in total. The first-order valence-corrected chi connectivity index (χ1v) is 7.42. The third-order valence-corrected chi connectivity index (χ3v) is 3.69. The molecule has 0 bridgehead atoms. The summed E-state index contributed by atoms with van der Waals surface area (Å²) in [6, 6.07) is 12.2. The van der Waals surface area contributed by atoms with E-state index in [0.29, 0.717) is 38.1 Å². The van der Waals surface area contributed by atoms with Crippen molar-refractivity contribution >= 4 is 34.8 Å². The minimum absolute atomic E-state index is 0.0960. The molecule has 0 unspecified atom stereocenters. The number of aromatic nitrogens is 2. The largest absolute Gasteiger partial charge is 0.482 e. The predicted molar refractivity (Wildman–Crippen MR) is 85.5 cm³/mol. The van der Waals surface area contributed by atoms with Crippen molar-refractivity contribution in [3.05, 3.63) is 63.4 Å². The monoisotopic (exact) mass is 354 g/mol. The van der Waals surface area contributed by atoms with Gasteiger partial charge in [-0.2, -0.15) is 4.98 Å². The van der Waals surface area contributed by atoms with Crippen LogP contribution in [0.5, 0.6) is 5.75 Å². The first-order valence-electron chi connectivity index (χ1n) is 6.29. The Kier molecular flexibility index (Phi) is 4.52. The maximum absolute atomic E-state index is 6.09. The van der Waals surface area contributed by atoms with Crippen molar-refractivity contribution < 1.29 is 9.26 Å². The molecule has 1 aromatic heterocycles. The van der Waals surface area contributed by atoms with E-state index < -0.39 is 0 Å². The Labute approximate surface area is 141 Å². The molecule has 3 aromatic rings. The Morgan fingerprint density at radius 2 is 1.82 bits per heavy atom. The molecule has 0 aliphatic heterocycles. The molecule has 1 heterocycles. The summed E-state index contributed by atoms with van der Waals surface area (Å²) < 4.78 is 10.7. The van der Waals surface area contributed by atoms with Gasteiger partial charge in [0.15, 0.2) is 6.61 Å². The van der Waals surface area contributed by atoms with E-state index in [0.717, 1.165) is 0 Å². The highest BCUT2D eigenvalue weighted by Crippen LogP contribution is 2.29. The molecule has 22 heavy (non-hydrogen) atoms. The number of hydrogen-bond acceptors (Lipinski definition) is 4. The summed E-state index contributed by atoms with van der Waals surface area (Å²) >= 11 is 17.9. The van der Waals surface area contributed by atoms with Crippen molar-refractivity contribution in [1.82, 2.24) is 10.1 Å². The lowest BCUT2D eigenvalue weighted by molar-refractivity contribution is 0.243. The van der Waals surface area contributed by atoms with E-state index in [9.17, 15) is 0 Å². The van der Waals surface area contributed by atoms with Crippen LogP contribution >= 0.6 is 34.8 Å². The third kappa shape index (κ3) is 3.35. The summed E-state index contributed by atoms with van der Waals surface area (Å²) in [7, 11) is 0. The van der Waals surface area contributed by atoms with Gasteiger partial charge < -0.3 is 9.26 Å². The first kappa shape index (κ1) is 15.2. The quantitative estimate of drug-likeness (QED) is 0.639. The lowest BCUT2D eigenvalue weighted by Crippen LogP contribution is -1.96. The zero-order valence-corrected chi connectivity index (χ0v) is 13.4. The minimum atomic E-state index is 0.0960. The molecule has 0 amide bonds. The van der Waals surface area contributed by atoms with Crippen LogP contribution in [0.15, 0.2) is 47.0 Å². The Morgan fingerprint density at radius 3 is 2.59 bits per heavy atom. The molecule has 0 radical (unpaired) electrons. The van der Waals surface area contributed by atoms with Gasteiger partial charge in [0.2, 0.25) is 5.82 Å². The van der Waals surface area contributed by atoms with Crippen LogP contribution in [-0.4, -0.2) is 10.1 Å². The van der Waals surface area contributed by atoms with Gasteiger partial charge in [0.05, 0.1) is 10.0 Å². The van der Waals surface area contributed by atoms with Crippen LogP contribution in [0, 0.1) is 0 Å². The van der Waals surface area contributed by atoms with Gasteiger partial charge in [0, 0.05) is 10.6 Å². The average Bonchev–Trinajstić information content (AvgIpc) is 2.95. The summed E-state index contributed by atoms with van der Waals surface area (Å²) in [5.74, 6) is 1.22. The molecule has 0 N–H and O–H groups in total. The van der Waals surface area contributed by atoms with Crippen molar-refractivity contribution in [3.8, 4) is 17.1 Å². The predicted octanol–water partition coefficient (Wildman–Crippen LogP) is 5.28. The smallest absolute Gasteiger partial charge is 0.264 e. The summed E-state index contributed by atoms with van der Waals surface area (Å²) in [6.07, 6.45) is 0. The topological polar surface area (TPSA) is 48.2 Å². The molecule has 0 aliphatic rings. The van der Waals surface area contributed by atoms with E-state index >= 15 is 0 Å². The van der Waals surface area contributed by atoms with Crippen LogP contribution in [-0.2, 0) is 6.61 Å². The molecule has 0 aliphatic carbocycles. The second-order valence-electron chi connectivity index (χ2n) is 4.35. The van der Waals surface area contributed by atoms with Gasteiger partial charge in [0.1, 0.15) is 5.75 Å². The summed E-state index contributed by atoms with van der Waals surface area (Å²) in [5.41, 5.74) is 0.698. The van der Waals surface area contributed by atoms with Crippen molar-refractivity contribution in [3.63, 3.8) is 0 Å². The molecule has 0 atom stereocenters. The minimum Gasteiger partial charge on any atom is -0.482 e. The molecule has 0 spiro atoms. The van der Waals surface area contributed by atoms with Gasteiger partial charge in [-0.15, -0.1) is 0 Å². The van der Waals surface area contributed by atoms with Crippen LogP contribution in [0.1, 0.15) is 5.89 Å². The number of benzene rings is 2. The van der Waals surface area contributed by atoms with Crippen LogP contribution in [0.2, 0.25) is 15.1 Å². The van der Waals surface area contributed by atoms with Gasteiger partial charge >= 0.3 is 0 Å². The fraction of sp³-hybridized carbons (Fsp3) is 0.0667. The van der Waals surface area contributed by atoms with E-state index in [2.05, 4.69) is 10.1 Å². The SMILES string of the molecule is Clc1ccc(OCc2nc(-c3ccccc3Cl)no2)c(Cl)c1. The molecule has 0 saturated heterocycles. The Morgan fingerprint density at radius 1 is 1.00 bits per heavy atom. The zero-order valence-electron chi connectivity index (χ0n) is 11.1. The molecule has 0 fully saturated rings. The molecular weight excluding hydrogens is 347 g/mol. The van der Waals surface area contributed by atoms with E-state index in [1.165, 1.54) is 0 Å². The average molecular weight is 356 g/mol. The zero-order chi connectivity index (χ0) is 15.5. The highest BCUT2D eigenvalue weighted by Gasteiger charge is 2.12. The number of ether oxygens (including phenoxy) is 1. The van der Waals surface area contributed by atoms with Crippen LogP contribution in [0.3, 0.4) is 0 Å². The second-order valence-corrected chi connectivity index (χ2v) is 5.61. The summed E-state index contributed by atoms with van der Waals surface area (Å²) in [5, 5.41) is 5.40. The number of halogens is 3. The molecule has 0 saturated carbocycles. The maximum atomic E-state index is 6.09. The van der Waals surface area contributed by atoms with E-state index in [1.807, 2.05) is 18.2 Å². The molecule has 3 rings (SSSR count). The van der Waals surface area contributed by atoms with Gasteiger partial charge in [-0.25, -0.2) is 0 Å². The van der Waals surface area contributed by atoms with Gasteiger partial charge in [-0.3, -0.25) is 0 Å². The maximum Gasteiger partial charge on any atom is 0.264 e. The van der Waals surface area contributed by atoms with E-state index in [1.54, 1.807) is 24.3 Å². The molecule has 2 aromatic carbocycles. The third-order valence-electron chi connectivity index (χ3n) is 2.83.